The largest absolute Gasteiger partial charge is 0.393 e. The molecule has 1 aliphatic heterocycles. The van der Waals surface area contributed by atoms with Gasteiger partial charge >= 0.3 is 0 Å². The number of aliphatic hydroxyl groups excluding tert-OH is 1. The summed E-state index contributed by atoms with van der Waals surface area (Å²) in [4.78, 5) is 2.52. The van der Waals surface area contributed by atoms with E-state index >= 15 is 0 Å². The SMILES string of the molecule is CCC(O)CCCN1CCCC(COC)C1. The van der Waals surface area contributed by atoms with Crippen LogP contribution in [0.4, 0.5) is 0 Å². The van der Waals surface area contributed by atoms with Crippen LogP contribution < -0.4 is 0 Å². The van der Waals surface area contributed by atoms with Gasteiger partial charge in [-0.25, -0.2) is 0 Å². The predicted molar refractivity (Wildman–Crippen MR) is 66.6 cm³/mol. The van der Waals surface area contributed by atoms with E-state index in [0.717, 1.165) is 38.3 Å². The monoisotopic (exact) mass is 229 g/mol. The Hall–Kier alpha value is -0.120. The number of methoxy groups -OCH3 is 1. The molecular weight excluding hydrogens is 202 g/mol. The molecule has 96 valence electrons. The summed E-state index contributed by atoms with van der Waals surface area (Å²) >= 11 is 0. The van der Waals surface area contributed by atoms with E-state index in [-0.39, 0.29) is 6.10 Å². The number of likely N-dealkylation sites (tertiary alicyclic amines) is 1. The van der Waals surface area contributed by atoms with Crippen molar-refractivity contribution in [2.75, 3.05) is 33.4 Å². The fourth-order valence-corrected chi connectivity index (χ4v) is 2.48. The maximum atomic E-state index is 9.49. The fraction of sp³-hybridized carbons (Fsp3) is 1.00. The second-order valence-electron chi connectivity index (χ2n) is 4.97. The Morgan fingerprint density at radius 3 is 3.00 bits per heavy atom. The minimum absolute atomic E-state index is 0.0976. The molecule has 1 fully saturated rings. The Morgan fingerprint density at radius 1 is 1.50 bits per heavy atom. The lowest BCUT2D eigenvalue weighted by molar-refractivity contribution is 0.0857. The zero-order valence-electron chi connectivity index (χ0n) is 10.8. The first-order valence-corrected chi connectivity index (χ1v) is 6.65. The highest BCUT2D eigenvalue weighted by Crippen LogP contribution is 2.17. The molecule has 0 radical (unpaired) electrons. The molecule has 0 aromatic rings. The first kappa shape index (κ1) is 13.9. The van der Waals surface area contributed by atoms with Crippen molar-refractivity contribution in [2.24, 2.45) is 5.92 Å². The lowest BCUT2D eigenvalue weighted by Gasteiger charge is -2.32. The van der Waals surface area contributed by atoms with Crippen molar-refractivity contribution in [3.05, 3.63) is 0 Å². The summed E-state index contributed by atoms with van der Waals surface area (Å²) < 4.78 is 5.22. The van der Waals surface area contributed by atoms with Gasteiger partial charge in [0.15, 0.2) is 0 Å². The van der Waals surface area contributed by atoms with Crippen molar-refractivity contribution in [1.82, 2.24) is 4.90 Å². The van der Waals surface area contributed by atoms with Crippen LogP contribution in [0.1, 0.15) is 39.0 Å². The Kier molecular flexibility index (Phi) is 7.01. The summed E-state index contributed by atoms with van der Waals surface area (Å²) in [5.74, 6) is 0.717. The van der Waals surface area contributed by atoms with E-state index in [4.69, 9.17) is 4.74 Å². The Balaban J connectivity index is 2.11. The first-order valence-electron chi connectivity index (χ1n) is 6.65. The Labute approximate surface area is 99.8 Å². The van der Waals surface area contributed by atoms with Gasteiger partial charge < -0.3 is 14.7 Å². The van der Waals surface area contributed by atoms with Crippen LogP contribution in [0.15, 0.2) is 0 Å². The summed E-state index contributed by atoms with van der Waals surface area (Å²) in [6.45, 7) is 6.48. The van der Waals surface area contributed by atoms with Crippen molar-refractivity contribution >= 4 is 0 Å². The molecule has 0 bridgehead atoms. The number of rotatable bonds is 7. The van der Waals surface area contributed by atoms with Gasteiger partial charge in [0.1, 0.15) is 0 Å². The molecule has 1 saturated heterocycles. The van der Waals surface area contributed by atoms with Crippen LogP contribution in [0.3, 0.4) is 0 Å². The van der Waals surface area contributed by atoms with E-state index in [2.05, 4.69) is 4.90 Å². The van der Waals surface area contributed by atoms with Crippen molar-refractivity contribution in [2.45, 2.75) is 45.1 Å². The molecule has 0 aliphatic carbocycles. The van der Waals surface area contributed by atoms with Gasteiger partial charge in [-0.2, -0.15) is 0 Å². The van der Waals surface area contributed by atoms with Gasteiger partial charge in [-0.05, 0) is 51.1 Å². The van der Waals surface area contributed by atoms with E-state index in [0.29, 0.717) is 0 Å². The van der Waals surface area contributed by atoms with Gasteiger partial charge in [0.05, 0.1) is 12.7 Å². The van der Waals surface area contributed by atoms with Crippen LogP contribution in [0.5, 0.6) is 0 Å². The molecule has 3 nitrogen and oxygen atoms in total. The summed E-state index contributed by atoms with van der Waals surface area (Å²) in [5.41, 5.74) is 0. The van der Waals surface area contributed by atoms with E-state index in [9.17, 15) is 5.11 Å². The Morgan fingerprint density at radius 2 is 2.31 bits per heavy atom. The maximum Gasteiger partial charge on any atom is 0.0538 e. The van der Waals surface area contributed by atoms with E-state index < -0.39 is 0 Å². The molecule has 0 spiro atoms. The molecule has 0 aromatic carbocycles. The third-order valence-corrected chi connectivity index (χ3v) is 3.49. The number of nitrogens with zero attached hydrogens (tertiary/aromatic N) is 1. The van der Waals surface area contributed by atoms with Crippen LogP contribution in [-0.4, -0.2) is 49.5 Å². The van der Waals surface area contributed by atoms with Crippen molar-refractivity contribution in [1.29, 1.82) is 0 Å². The quantitative estimate of drug-likeness (QED) is 0.723. The highest BCUT2D eigenvalue weighted by molar-refractivity contribution is 4.72. The number of ether oxygens (including phenoxy) is 1. The topological polar surface area (TPSA) is 32.7 Å². The smallest absolute Gasteiger partial charge is 0.0538 e. The number of hydrogen-bond donors (Lipinski definition) is 1. The normalized spacial score (nSPS) is 24.6. The van der Waals surface area contributed by atoms with Crippen LogP contribution >= 0.6 is 0 Å². The van der Waals surface area contributed by atoms with Gasteiger partial charge in [-0.15, -0.1) is 0 Å². The molecule has 2 unspecified atom stereocenters. The summed E-state index contributed by atoms with van der Waals surface area (Å²) in [6, 6.07) is 0. The minimum atomic E-state index is -0.0976. The fourth-order valence-electron chi connectivity index (χ4n) is 2.48. The van der Waals surface area contributed by atoms with Gasteiger partial charge in [-0.1, -0.05) is 6.92 Å². The average Bonchev–Trinajstić information content (AvgIpc) is 2.30. The van der Waals surface area contributed by atoms with Crippen LogP contribution in [0, 0.1) is 5.92 Å². The van der Waals surface area contributed by atoms with Gasteiger partial charge in [-0.3, -0.25) is 0 Å². The third-order valence-electron chi connectivity index (χ3n) is 3.49. The molecular formula is C13H27NO2. The maximum absolute atomic E-state index is 9.49. The molecule has 2 atom stereocenters. The van der Waals surface area contributed by atoms with Crippen molar-refractivity contribution in [3.63, 3.8) is 0 Å². The van der Waals surface area contributed by atoms with Gasteiger partial charge in [0.25, 0.3) is 0 Å². The average molecular weight is 229 g/mol. The summed E-state index contributed by atoms with van der Waals surface area (Å²) in [6.07, 6.45) is 5.45. The van der Waals surface area contributed by atoms with E-state index in [1.54, 1.807) is 7.11 Å². The highest BCUT2D eigenvalue weighted by Gasteiger charge is 2.19. The molecule has 0 aromatic heterocycles. The molecule has 0 saturated carbocycles. The molecule has 1 aliphatic rings. The molecule has 1 rings (SSSR count). The lowest BCUT2D eigenvalue weighted by Crippen LogP contribution is -2.37. The molecule has 3 heteroatoms. The van der Waals surface area contributed by atoms with Crippen molar-refractivity contribution in [3.8, 4) is 0 Å². The van der Waals surface area contributed by atoms with E-state index in [1.807, 2.05) is 6.92 Å². The van der Waals surface area contributed by atoms with E-state index in [1.165, 1.54) is 25.9 Å². The summed E-state index contributed by atoms with van der Waals surface area (Å²) in [7, 11) is 1.79. The number of hydrogen-bond acceptors (Lipinski definition) is 3. The highest BCUT2D eigenvalue weighted by atomic mass is 16.5. The zero-order valence-corrected chi connectivity index (χ0v) is 10.8. The molecule has 0 amide bonds. The van der Waals surface area contributed by atoms with Gasteiger partial charge in [0, 0.05) is 13.7 Å². The molecule has 1 heterocycles. The van der Waals surface area contributed by atoms with Crippen molar-refractivity contribution < 1.29 is 9.84 Å². The van der Waals surface area contributed by atoms with Gasteiger partial charge in [0.2, 0.25) is 0 Å². The minimum Gasteiger partial charge on any atom is -0.393 e. The van der Waals surface area contributed by atoms with Crippen LogP contribution in [-0.2, 0) is 4.74 Å². The lowest BCUT2D eigenvalue weighted by atomic mass is 9.98. The Bertz CT molecular complexity index is 173. The summed E-state index contributed by atoms with van der Waals surface area (Å²) in [5, 5.41) is 9.49. The predicted octanol–water partition coefficient (Wildman–Crippen LogP) is 1.90. The molecule has 16 heavy (non-hydrogen) atoms. The number of piperidine rings is 1. The second-order valence-corrected chi connectivity index (χ2v) is 4.97. The zero-order chi connectivity index (χ0) is 11.8. The van der Waals surface area contributed by atoms with Crippen LogP contribution in [0.25, 0.3) is 0 Å². The standard InChI is InChI=1S/C13H27NO2/c1-3-13(15)7-5-9-14-8-4-6-12(10-14)11-16-2/h12-13,15H,3-11H2,1-2H3. The number of aliphatic hydroxyl groups is 1. The third kappa shape index (κ3) is 5.28. The van der Waals surface area contributed by atoms with Crippen LogP contribution in [0.2, 0.25) is 0 Å². The first-order chi connectivity index (χ1) is 7.76. The molecule has 1 N–H and O–H groups in total. The second kappa shape index (κ2) is 8.04.